The number of aromatic nitrogens is 2. The first-order valence-corrected chi connectivity index (χ1v) is 7.86. The number of thioether (sulfide) groups is 1. The van der Waals surface area contributed by atoms with Crippen LogP contribution in [-0.4, -0.2) is 28.3 Å². The molecule has 108 valence electrons. The van der Waals surface area contributed by atoms with Gasteiger partial charge in [0.1, 0.15) is 12.0 Å². The highest BCUT2D eigenvalue weighted by molar-refractivity contribution is 7.98. The third-order valence-corrected chi connectivity index (χ3v) is 3.90. The van der Waals surface area contributed by atoms with Gasteiger partial charge in [0.15, 0.2) is 10.9 Å². The lowest BCUT2D eigenvalue weighted by Gasteiger charge is -2.10. The Kier molecular flexibility index (Phi) is 5.47. The number of hydrogen-bond donors (Lipinski definition) is 0. The van der Waals surface area contributed by atoms with Gasteiger partial charge < -0.3 is 4.79 Å². The molecule has 6 heteroatoms. The molecule has 0 aliphatic rings. The molecule has 0 fully saturated rings. The number of hydrogen-bond acceptors (Lipinski definition) is 5. The number of ketones is 1. The predicted molar refractivity (Wildman–Crippen MR) is 82.9 cm³/mol. The van der Waals surface area contributed by atoms with E-state index in [9.17, 15) is 9.59 Å². The first-order chi connectivity index (χ1) is 10.2. The van der Waals surface area contributed by atoms with Crippen LogP contribution in [0.15, 0.2) is 41.7 Å². The number of Topliss-reactive ketones (excluding diaryl/α,β-unsaturated/α-hetero) is 1. The Balaban J connectivity index is 2.22. The molecule has 2 rings (SSSR count). The highest BCUT2D eigenvalue weighted by Crippen LogP contribution is 2.20. The monoisotopic (exact) mass is 320 g/mol. The topological polar surface area (TPSA) is 59.9 Å². The SMILES string of the molecule is CSc1nccc(C(=O)C(C=O)Cc2ccccc2Cl)n1. The summed E-state index contributed by atoms with van der Waals surface area (Å²) in [4.78, 5) is 31.8. The molecule has 1 atom stereocenters. The van der Waals surface area contributed by atoms with Crippen molar-refractivity contribution in [3.63, 3.8) is 0 Å². The highest BCUT2D eigenvalue weighted by atomic mass is 35.5. The lowest BCUT2D eigenvalue weighted by molar-refractivity contribution is -0.109. The van der Waals surface area contributed by atoms with Gasteiger partial charge >= 0.3 is 0 Å². The van der Waals surface area contributed by atoms with Crippen molar-refractivity contribution in [1.82, 2.24) is 9.97 Å². The molecule has 4 nitrogen and oxygen atoms in total. The van der Waals surface area contributed by atoms with Crippen LogP contribution in [-0.2, 0) is 11.2 Å². The van der Waals surface area contributed by atoms with E-state index in [0.29, 0.717) is 16.5 Å². The van der Waals surface area contributed by atoms with Crippen molar-refractivity contribution in [3.05, 3.63) is 52.8 Å². The van der Waals surface area contributed by atoms with Crippen molar-refractivity contribution < 1.29 is 9.59 Å². The predicted octanol–water partition coefficient (Wildman–Crippen LogP) is 3.09. The number of carbonyl (C=O) groups is 2. The van der Waals surface area contributed by atoms with Gasteiger partial charge in [0.25, 0.3) is 0 Å². The molecule has 1 aromatic heterocycles. The molecular formula is C15H13ClN2O2S. The number of rotatable bonds is 6. The van der Waals surface area contributed by atoms with Crippen LogP contribution in [0.5, 0.6) is 0 Å². The maximum atomic E-state index is 12.4. The second kappa shape index (κ2) is 7.33. The van der Waals surface area contributed by atoms with E-state index in [0.717, 1.165) is 5.56 Å². The second-order valence-electron chi connectivity index (χ2n) is 4.33. The molecule has 0 saturated heterocycles. The number of benzene rings is 1. The summed E-state index contributed by atoms with van der Waals surface area (Å²) < 4.78 is 0. The molecule has 0 bridgehead atoms. The Morgan fingerprint density at radius 2 is 2.14 bits per heavy atom. The van der Waals surface area contributed by atoms with Crippen LogP contribution in [0.25, 0.3) is 0 Å². The van der Waals surface area contributed by atoms with Gasteiger partial charge in [-0.3, -0.25) is 4.79 Å². The molecule has 0 aliphatic heterocycles. The molecule has 1 aromatic carbocycles. The van der Waals surface area contributed by atoms with Crippen LogP contribution in [0.2, 0.25) is 5.02 Å². The summed E-state index contributed by atoms with van der Waals surface area (Å²) in [6, 6.07) is 8.69. The minimum atomic E-state index is -0.797. The molecule has 1 heterocycles. The van der Waals surface area contributed by atoms with Crippen LogP contribution in [0, 0.1) is 5.92 Å². The van der Waals surface area contributed by atoms with Gasteiger partial charge in [-0.25, -0.2) is 9.97 Å². The fourth-order valence-electron chi connectivity index (χ4n) is 1.87. The van der Waals surface area contributed by atoms with Crippen LogP contribution in [0.1, 0.15) is 16.1 Å². The number of halogens is 1. The number of carbonyl (C=O) groups excluding carboxylic acids is 2. The third-order valence-electron chi connectivity index (χ3n) is 2.97. The Morgan fingerprint density at radius 1 is 1.38 bits per heavy atom. The van der Waals surface area contributed by atoms with E-state index in [1.165, 1.54) is 24.0 Å². The molecule has 0 radical (unpaired) electrons. The molecular weight excluding hydrogens is 308 g/mol. The molecule has 0 amide bonds. The van der Waals surface area contributed by atoms with E-state index < -0.39 is 5.92 Å². The van der Waals surface area contributed by atoms with Crippen molar-refractivity contribution in [2.75, 3.05) is 6.26 Å². The number of nitrogens with zero attached hydrogens (tertiary/aromatic N) is 2. The van der Waals surface area contributed by atoms with Gasteiger partial charge in [-0.05, 0) is 30.4 Å². The normalized spacial score (nSPS) is 11.9. The van der Waals surface area contributed by atoms with Crippen molar-refractivity contribution in [2.45, 2.75) is 11.6 Å². The Labute approximate surface area is 132 Å². The van der Waals surface area contributed by atoms with Crippen molar-refractivity contribution in [1.29, 1.82) is 0 Å². The summed E-state index contributed by atoms with van der Waals surface area (Å²) >= 11 is 7.41. The zero-order valence-electron chi connectivity index (χ0n) is 11.3. The summed E-state index contributed by atoms with van der Waals surface area (Å²) in [6.45, 7) is 0. The molecule has 0 spiro atoms. The average Bonchev–Trinajstić information content (AvgIpc) is 2.53. The Morgan fingerprint density at radius 3 is 2.81 bits per heavy atom. The lowest BCUT2D eigenvalue weighted by atomic mass is 9.95. The average molecular weight is 321 g/mol. The minimum Gasteiger partial charge on any atom is -0.303 e. The van der Waals surface area contributed by atoms with E-state index >= 15 is 0 Å². The van der Waals surface area contributed by atoms with Gasteiger partial charge in [0.2, 0.25) is 0 Å². The maximum Gasteiger partial charge on any atom is 0.191 e. The largest absolute Gasteiger partial charge is 0.303 e. The summed E-state index contributed by atoms with van der Waals surface area (Å²) in [5, 5.41) is 1.05. The van der Waals surface area contributed by atoms with E-state index in [2.05, 4.69) is 9.97 Å². The van der Waals surface area contributed by atoms with Crippen molar-refractivity contribution in [3.8, 4) is 0 Å². The van der Waals surface area contributed by atoms with Crippen LogP contribution in [0.4, 0.5) is 0 Å². The van der Waals surface area contributed by atoms with Gasteiger partial charge in [-0.2, -0.15) is 0 Å². The van der Waals surface area contributed by atoms with Gasteiger partial charge in [0.05, 0.1) is 5.92 Å². The summed E-state index contributed by atoms with van der Waals surface area (Å²) in [7, 11) is 0. The van der Waals surface area contributed by atoms with Gasteiger partial charge in [-0.15, -0.1) is 0 Å². The summed E-state index contributed by atoms with van der Waals surface area (Å²) in [6.07, 6.45) is 4.25. The standard InChI is InChI=1S/C15H13ClN2O2S/c1-21-15-17-7-6-13(18-15)14(20)11(9-19)8-10-4-2-3-5-12(10)16/h2-7,9,11H,8H2,1H3. The zero-order chi connectivity index (χ0) is 15.2. The first-order valence-electron chi connectivity index (χ1n) is 6.25. The molecule has 1 unspecified atom stereocenters. The first kappa shape index (κ1) is 15.7. The van der Waals surface area contributed by atoms with Crippen molar-refractivity contribution >= 4 is 35.4 Å². The second-order valence-corrected chi connectivity index (χ2v) is 5.51. The van der Waals surface area contributed by atoms with E-state index in [4.69, 9.17) is 11.6 Å². The molecule has 0 N–H and O–H groups in total. The van der Waals surface area contributed by atoms with E-state index in [-0.39, 0.29) is 17.9 Å². The fourth-order valence-corrected chi connectivity index (χ4v) is 2.44. The maximum absolute atomic E-state index is 12.4. The van der Waals surface area contributed by atoms with Gasteiger partial charge in [-0.1, -0.05) is 41.6 Å². The van der Waals surface area contributed by atoms with Crippen LogP contribution >= 0.6 is 23.4 Å². The third kappa shape index (κ3) is 3.89. The van der Waals surface area contributed by atoms with Crippen molar-refractivity contribution in [2.24, 2.45) is 5.92 Å². The molecule has 2 aromatic rings. The molecule has 0 saturated carbocycles. The van der Waals surface area contributed by atoms with Gasteiger partial charge in [0, 0.05) is 11.2 Å². The fraction of sp³-hybridized carbons (Fsp3) is 0.200. The highest BCUT2D eigenvalue weighted by Gasteiger charge is 2.22. The van der Waals surface area contributed by atoms with Crippen LogP contribution in [0.3, 0.4) is 0 Å². The molecule has 0 aliphatic carbocycles. The van der Waals surface area contributed by atoms with E-state index in [1.54, 1.807) is 18.2 Å². The quantitative estimate of drug-likeness (QED) is 0.269. The van der Waals surface area contributed by atoms with E-state index in [1.807, 2.05) is 12.3 Å². The van der Waals surface area contributed by atoms with Crippen LogP contribution < -0.4 is 0 Å². The Bertz CT molecular complexity index is 664. The smallest absolute Gasteiger partial charge is 0.191 e. The summed E-state index contributed by atoms with van der Waals surface area (Å²) in [5.74, 6) is -1.11. The lowest BCUT2D eigenvalue weighted by Crippen LogP contribution is -2.20. The Hall–Kier alpha value is -1.72. The number of aldehydes is 1. The zero-order valence-corrected chi connectivity index (χ0v) is 12.9. The minimum absolute atomic E-state index is 0.249. The summed E-state index contributed by atoms with van der Waals surface area (Å²) in [5.41, 5.74) is 1.02. The molecule has 21 heavy (non-hydrogen) atoms.